The molecule has 1 saturated heterocycles. The van der Waals surface area contributed by atoms with Crippen molar-refractivity contribution in [3.63, 3.8) is 0 Å². The average molecular weight is 426 g/mol. The summed E-state index contributed by atoms with van der Waals surface area (Å²) in [6.45, 7) is 0. The lowest BCUT2D eigenvalue weighted by Gasteiger charge is -2.07. The molecule has 3 amide bonds. The number of anilines is 1. The van der Waals surface area contributed by atoms with Gasteiger partial charge < -0.3 is 0 Å². The molecule has 1 unspecified atom stereocenters. The largest absolute Gasteiger partial charge is 0.296 e. The maximum atomic E-state index is 12.6. The van der Waals surface area contributed by atoms with Crippen LogP contribution in [-0.4, -0.2) is 37.9 Å². The molecule has 2 aromatic heterocycles. The molecule has 5 rings (SSSR count). The summed E-state index contributed by atoms with van der Waals surface area (Å²) in [5.74, 6) is -0.630. The van der Waals surface area contributed by atoms with Crippen LogP contribution in [0.25, 0.3) is 22.4 Å². The molecule has 1 aliphatic rings. The van der Waals surface area contributed by atoms with Crippen LogP contribution in [0.1, 0.15) is 22.3 Å². The summed E-state index contributed by atoms with van der Waals surface area (Å²) in [5, 5.41) is 12.8. The number of amides is 3. The molecule has 0 saturated carbocycles. The van der Waals surface area contributed by atoms with Crippen molar-refractivity contribution in [3.05, 3.63) is 71.8 Å². The Hall–Kier alpha value is -4.40. The van der Waals surface area contributed by atoms with Gasteiger partial charge in [0.05, 0.1) is 11.4 Å². The first-order chi connectivity index (χ1) is 15.5. The lowest BCUT2D eigenvalue weighted by Crippen LogP contribution is -2.22. The second kappa shape index (κ2) is 8.03. The summed E-state index contributed by atoms with van der Waals surface area (Å²) in [5.41, 5.74) is 2.76. The SMILES string of the molecule is O=C1CC(Cc2ccc(C(=O)Nc3n[nH]c(-c4ccc5ccccc5n4)n3)cc2)C(=O)N1. The number of pyridine rings is 1. The molecular formula is C23H18N6O3. The summed E-state index contributed by atoms with van der Waals surface area (Å²) < 4.78 is 0. The molecule has 2 aromatic carbocycles. The molecule has 1 aliphatic heterocycles. The first kappa shape index (κ1) is 19.6. The molecule has 0 spiro atoms. The van der Waals surface area contributed by atoms with Gasteiger partial charge in [0.2, 0.25) is 17.8 Å². The van der Waals surface area contributed by atoms with Gasteiger partial charge in [-0.2, -0.15) is 4.98 Å². The molecule has 1 atom stereocenters. The molecule has 9 heteroatoms. The quantitative estimate of drug-likeness (QED) is 0.421. The van der Waals surface area contributed by atoms with Gasteiger partial charge in [0.1, 0.15) is 5.69 Å². The summed E-state index contributed by atoms with van der Waals surface area (Å²) >= 11 is 0. The van der Waals surface area contributed by atoms with Crippen LogP contribution in [0.4, 0.5) is 5.95 Å². The molecule has 3 heterocycles. The maximum Gasteiger partial charge on any atom is 0.258 e. The molecule has 0 bridgehead atoms. The highest BCUT2D eigenvalue weighted by Gasteiger charge is 2.30. The minimum Gasteiger partial charge on any atom is -0.296 e. The second-order valence-corrected chi connectivity index (χ2v) is 7.57. The van der Waals surface area contributed by atoms with Crippen LogP contribution in [0, 0.1) is 5.92 Å². The highest BCUT2D eigenvalue weighted by Crippen LogP contribution is 2.20. The van der Waals surface area contributed by atoms with Crippen molar-refractivity contribution >= 4 is 34.6 Å². The van der Waals surface area contributed by atoms with Crippen LogP contribution in [0.2, 0.25) is 0 Å². The van der Waals surface area contributed by atoms with Gasteiger partial charge in [0.25, 0.3) is 5.91 Å². The number of carbonyl (C=O) groups is 3. The van der Waals surface area contributed by atoms with Crippen LogP contribution in [0.15, 0.2) is 60.7 Å². The summed E-state index contributed by atoms with van der Waals surface area (Å²) in [7, 11) is 0. The number of imide groups is 1. The van der Waals surface area contributed by atoms with E-state index < -0.39 is 0 Å². The van der Waals surface area contributed by atoms with Gasteiger partial charge in [-0.05, 0) is 36.2 Å². The fraction of sp³-hybridized carbons (Fsp3) is 0.130. The van der Waals surface area contributed by atoms with E-state index in [2.05, 4.69) is 30.8 Å². The number of nitrogens with zero attached hydrogens (tertiary/aromatic N) is 3. The third-order valence-corrected chi connectivity index (χ3v) is 5.32. The van der Waals surface area contributed by atoms with Crippen molar-refractivity contribution in [2.45, 2.75) is 12.8 Å². The number of para-hydroxylation sites is 1. The number of carbonyl (C=O) groups excluding carboxylic acids is 3. The summed E-state index contributed by atoms with van der Waals surface area (Å²) in [6.07, 6.45) is 0.642. The van der Waals surface area contributed by atoms with E-state index in [0.717, 1.165) is 16.5 Å². The maximum absolute atomic E-state index is 12.6. The van der Waals surface area contributed by atoms with Crippen LogP contribution in [0.5, 0.6) is 0 Å². The monoisotopic (exact) mass is 426 g/mol. The van der Waals surface area contributed by atoms with Gasteiger partial charge >= 0.3 is 0 Å². The highest BCUT2D eigenvalue weighted by molar-refractivity contribution is 6.04. The Balaban J connectivity index is 1.25. The summed E-state index contributed by atoms with van der Waals surface area (Å²) in [4.78, 5) is 44.5. The zero-order valence-electron chi connectivity index (χ0n) is 16.8. The van der Waals surface area contributed by atoms with Gasteiger partial charge in [-0.15, -0.1) is 5.10 Å². The van der Waals surface area contributed by atoms with Crippen LogP contribution in [-0.2, 0) is 16.0 Å². The number of fused-ring (bicyclic) bond motifs is 1. The van der Waals surface area contributed by atoms with Crippen LogP contribution < -0.4 is 10.6 Å². The number of hydrogen-bond acceptors (Lipinski definition) is 6. The van der Waals surface area contributed by atoms with Gasteiger partial charge in [-0.25, -0.2) is 4.98 Å². The number of rotatable bonds is 5. The molecular weight excluding hydrogens is 408 g/mol. The number of aromatic amines is 1. The first-order valence-corrected chi connectivity index (χ1v) is 10.1. The van der Waals surface area contributed by atoms with Crippen LogP contribution >= 0.6 is 0 Å². The topological polar surface area (TPSA) is 130 Å². The van der Waals surface area contributed by atoms with Crippen molar-refractivity contribution in [1.82, 2.24) is 25.5 Å². The van der Waals surface area contributed by atoms with Gasteiger partial charge in [0.15, 0.2) is 5.82 Å². The predicted octanol–water partition coefficient (Wildman–Crippen LogP) is 2.48. The smallest absolute Gasteiger partial charge is 0.258 e. The minimum absolute atomic E-state index is 0.144. The first-order valence-electron chi connectivity index (χ1n) is 10.1. The van der Waals surface area contributed by atoms with E-state index in [1.807, 2.05) is 36.4 Å². The fourth-order valence-electron chi connectivity index (χ4n) is 3.65. The number of nitrogens with one attached hydrogen (secondary N) is 3. The summed E-state index contributed by atoms with van der Waals surface area (Å²) in [6, 6.07) is 18.4. The molecule has 1 fully saturated rings. The van der Waals surface area contributed by atoms with Crippen LogP contribution in [0.3, 0.4) is 0 Å². The van der Waals surface area contributed by atoms with E-state index >= 15 is 0 Å². The zero-order valence-corrected chi connectivity index (χ0v) is 16.8. The van der Waals surface area contributed by atoms with Crippen molar-refractivity contribution in [2.24, 2.45) is 5.92 Å². The third kappa shape index (κ3) is 3.95. The van der Waals surface area contributed by atoms with E-state index in [4.69, 9.17) is 0 Å². The molecule has 4 aromatic rings. The van der Waals surface area contributed by atoms with E-state index in [1.165, 1.54) is 0 Å². The van der Waals surface area contributed by atoms with Crippen molar-refractivity contribution < 1.29 is 14.4 Å². The van der Waals surface area contributed by atoms with E-state index in [1.54, 1.807) is 24.3 Å². The molecule has 3 N–H and O–H groups in total. The molecule has 9 nitrogen and oxygen atoms in total. The number of benzene rings is 2. The molecule has 0 radical (unpaired) electrons. The Morgan fingerprint density at radius 1 is 1.00 bits per heavy atom. The van der Waals surface area contributed by atoms with Crippen molar-refractivity contribution in [3.8, 4) is 11.5 Å². The van der Waals surface area contributed by atoms with E-state index in [9.17, 15) is 14.4 Å². The molecule has 0 aliphatic carbocycles. The molecule has 158 valence electrons. The standard InChI is InChI=1S/C23H18N6O3/c30-19-12-16(22(32)25-19)11-13-5-7-15(8-6-13)21(31)27-23-26-20(28-29-23)18-10-9-14-3-1-2-4-17(14)24-18/h1-10,16H,11-12H2,(H,25,30,32)(H2,26,27,28,29,31). The Morgan fingerprint density at radius 3 is 2.59 bits per heavy atom. The zero-order chi connectivity index (χ0) is 22.1. The second-order valence-electron chi connectivity index (χ2n) is 7.57. The lowest BCUT2D eigenvalue weighted by molar-refractivity contribution is -0.125. The Kier molecular flexibility index (Phi) is 4.91. The lowest BCUT2D eigenvalue weighted by atomic mass is 9.97. The average Bonchev–Trinajstić information content (AvgIpc) is 3.39. The minimum atomic E-state index is -0.363. The predicted molar refractivity (Wildman–Crippen MR) is 116 cm³/mol. The number of hydrogen-bond donors (Lipinski definition) is 3. The van der Waals surface area contributed by atoms with Gasteiger partial charge in [-0.1, -0.05) is 36.4 Å². The fourth-order valence-corrected chi connectivity index (χ4v) is 3.65. The van der Waals surface area contributed by atoms with Crippen molar-refractivity contribution in [2.75, 3.05) is 5.32 Å². The van der Waals surface area contributed by atoms with E-state index in [-0.39, 0.29) is 36.0 Å². The van der Waals surface area contributed by atoms with Crippen molar-refractivity contribution in [1.29, 1.82) is 0 Å². The normalized spacial score (nSPS) is 15.7. The number of H-pyrrole nitrogens is 1. The Labute approximate surface area is 182 Å². The Morgan fingerprint density at radius 2 is 1.81 bits per heavy atom. The molecule has 32 heavy (non-hydrogen) atoms. The Bertz CT molecular complexity index is 1350. The van der Waals surface area contributed by atoms with Gasteiger partial charge in [-0.3, -0.25) is 30.1 Å². The highest BCUT2D eigenvalue weighted by atomic mass is 16.2. The number of aromatic nitrogens is 4. The third-order valence-electron chi connectivity index (χ3n) is 5.32. The van der Waals surface area contributed by atoms with Gasteiger partial charge in [0, 0.05) is 17.4 Å². The van der Waals surface area contributed by atoms with E-state index in [0.29, 0.717) is 23.5 Å².